The summed E-state index contributed by atoms with van der Waals surface area (Å²) in [4.78, 5) is 36.5. The van der Waals surface area contributed by atoms with E-state index < -0.39 is 23.3 Å². The first-order chi connectivity index (χ1) is 7.83. The Hall–Kier alpha value is -1.39. The zero-order chi connectivity index (χ0) is 13.4. The van der Waals surface area contributed by atoms with Gasteiger partial charge in [-0.15, -0.1) is 0 Å². The fraction of sp³-hybridized carbons (Fsp3) is 0.750. The Bertz CT molecular complexity index is 340. The smallest absolute Gasteiger partial charge is 0.330 e. The minimum Gasteiger partial charge on any atom is -0.479 e. The summed E-state index contributed by atoms with van der Waals surface area (Å²) in [5, 5.41) is 9.35. The number of amides is 2. The highest BCUT2D eigenvalue weighted by molar-refractivity contribution is 6.08. The quantitative estimate of drug-likeness (QED) is 0.752. The number of rotatable bonds is 4. The number of carbonyl (C=O) groups excluding carboxylic acids is 2. The van der Waals surface area contributed by atoms with Crippen molar-refractivity contribution >= 4 is 17.8 Å². The number of nitrogens with zero attached hydrogens (tertiary/aromatic N) is 1. The van der Waals surface area contributed by atoms with Crippen LogP contribution in [0, 0.1) is 11.8 Å². The molecule has 1 N–H and O–H groups in total. The number of aliphatic carboxylic acids is 1. The van der Waals surface area contributed by atoms with Gasteiger partial charge in [0.1, 0.15) is 5.54 Å². The molecule has 0 aromatic heterocycles. The van der Waals surface area contributed by atoms with Gasteiger partial charge in [0.05, 0.1) is 0 Å². The molecule has 1 aliphatic heterocycles. The van der Waals surface area contributed by atoms with Crippen molar-refractivity contribution in [1.29, 1.82) is 0 Å². The Balaban J connectivity index is 3.26. The number of likely N-dealkylation sites (tertiary alicyclic amines) is 1. The second kappa shape index (κ2) is 4.47. The average molecular weight is 241 g/mol. The van der Waals surface area contributed by atoms with Crippen LogP contribution in [0.25, 0.3) is 0 Å². The van der Waals surface area contributed by atoms with E-state index in [4.69, 9.17) is 0 Å². The van der Waals surface area contributed by atoms with Gasteiger partial charge in [-0.2, -0.15) is 0 Å². The molecule has 2 atom stereocenters. The predicted octanol–water partition coefficient (Wildman–Crippen LogP) is 1.27. The number of carboxylic acids is 1. The SMILES string of the molecule is CCC(CC)(C(=O)O)N1C(=O)C(C)C(C)C1=O. The Morgan fingerprint density at radius 3 is 1.76 bits per heavy atom. The molecule has 0 bridgehead atoms. The van der Waals surface area contributed by atoms with Crippen LogP contribution in [0.5, 0.6) is 0 Å². The van der Waals surface area contributed by atoms with Crippen molar-refractivity contribution in [3.63, 3.8) is 0 Å². The molecule has 1 rings (SSSR count). The highest BCUT2D eigenvalue weighted by Crippen LogP contribution is 2.35. The van der Waals surface area contributed by atoms with Gasteiger partial charge in [0.2, 0.25) is 11.8 Å². The normalized spacial score (nSPS) is 25.5. The molecule has 5 nitrogen and oxygen atoms in total. The lowest BCUT2D eigenvalue weighted by Gasteiger charge is -2.35. The van der Waals surface area contributed by atoms with E-state index in [1.807, 2.05) is 0 Å². The molecule has 5 heteroatoms. The topological polar surface area (TPSA) is 74.7 Å². The van der Waals surface area contributed by atoms with Crippen LogP contribution >= 0.6 is 0 Å². The second-order valence-corrected chi connectivity index (χ2v) is 4.63. The van der Waals surface area contributed by atoms with Crippen LogP contribution in [-0.4, -0.2) is 33.3 Å². The van der Waals surface area contributed by atoms with E-state index in [9.17, 15) is 19.5 Å². The molecular weight excluding hydrogens is 222 g/mol. The fourth-order valence-corrected chi connectivity index (χ4v) is 2.33. The van der Waals surface area contributed by atoms with Gasteiger partial charge in [-0.3, -0.25) is 14.5 Å². The summed E-state index contributed by atoms with van der Waals surface area (Å²) in [5.41, 5.74) is -1.38. The second-order valence-electron chi connectivity index (χ2n) is 4.63. The molecule has 96 valence electrons. The van der Waals surface area contributed by atoms with E-state index in [1.165, 1.54) is 0 Å². The summed E-state index contributed by atoms with van der Waals surface area (Å²) in [5.74, 6) is -2.70. The first kappa shape index (κ1) is 13.7. The molecule has 0 saturated carbocycles. The Kier molecular flexibility index (Phi) is 3.59. The zero-order valence-corrected chi connectivity index (χ0v) is 10.7. The van der Waals surface area contributed by atoms with Crippen LogP contribution in [0.15, 0.2) is 0 Å². The van der Waals surface area contributed by atoms with Gasteiger partial charge < -0.3 is 5.11 Å². The van der Waals surface area contributed by atoms with Crippen molar-refractivity contribution < 1.29 is 19.5 Å². The Morgan fingerprint density at radius 2 is 1.53 bits per heavy atom. The lowest BCUT2D eigenvalue weighted by Crippen LogP contribution is -2.56. The first-order valence-electron chi connectivity index (χ1n) is 5.94. The van der Waals surface area contributed by atoms with Gasteiger partial charge in [0, 0.05) is 11.8 Å². The Labute approximate surface area is 101 Å². The number of hydrogen-bond donors (Lipinski definition) is 1. The minimum atomic E-state index is -1.38. The molecule has 2 amide bonds. The lowest BCUT2D eigenvalue weighted by atomic mass is 9.90. The molecule has 0 aromatic carbocycles. The maximum atomic E-state index is 12.0. The van der Waals surface area contributed by atoms with E-state index in [-0.39, 0.29) is 24.7 Å². The van der Waals surface area contributed by atoms with Gasteiger partial charge >= 0.3 is 5.97 Å². The van der Waals surface area contributed by atoms with Crippen LogP contribution in [0.1, 0.15) is 40.5 Å². The van der Waals surface area contributed by atoms with Gasteiger partial charge in [0.25, 0.3) is 0 Å². The van der Waals surface area contributed by atoms with Crippen LogP contribution in [-0.2, 0) is 14.4 Å². The molecule has 2 unspecified atom stereocenters. The zero-order valence-electron chi connectivity index (χ0n) is 10.7. The van der Waals surface area contributed by atoms with Crippen molar-refractivity contribution in [3.05, 3.63) is 0 Å². The van der Waals surface area contributed by atoms with Gasteiger partial charge in [0.15, 0.2) is 0 Å². The van der Waals surface area contributed by atoms with Crippen molar-refractivity contribution in [2.24, 2.45) is 11.8 Å². The van der Waals surface area contributed by atoms with Gasteiger partial charge in [-0.1, -0.05) is 27.7 Å². The summed E-state index contributed by atoms with van der Waals surface area (Å²) in [6, 6.07) is 0. The summed E-state index contributed by atoms with van der Waals surface area (Å²) in [6.45, 7) is 6.71. The highest BCUT2D eigenvalue weighted by Gasteiger charge is 2.54. The van der Waals surface area contributed by atoms with Crippen molar-refractivity contribution in [1.82, 2.24) is 4.90 Å². The molecule has 17 heavy (non-hydrogen) atoms. The molecule has 1 aliphatic rings. The maximum absolute atomic E-state index is 12.0. The molecule has 0 aromatic rings. The minimum absolute atomic E-state index is 0.232. The summed E-state index contributed by atoms with van der Waals surface area (Å²) >= 11 is 0. The van der Waals surface area contributed by atoms with E-state index in [0.29, 0.717) is 0 Å². The van der Waals surface area contributed by atoms with Crippen molar-refractivity contribution in [2.45, 2.75) is 46.1 Å². The third-order valence-corrected chi connectivity index (χ3v) is 3.97. The van der Waals surface area contributed by atoms with E-state index in [1.54, 1.807) is 27.7 Å². The van der Waals surface area contributed by atoms with Gasteiger partial charge in [-0.05, 0) is 12.8 Å². The molecule has 0 aliphatic carbocycles. The standard InChI is InChI=1S/C12H19NO4/c1-5-12(6-2,11(16)17)13-9(14)7(3)8(4)10(13)15/h7-8H,5-6H2,1-4H3,(H,16,17). The van der Waals surface area contributed by atoms with Crippen LogP contribution in [0.4, 0.5) is 0 Å². The molecule has 0 spiro atoms. The first-order valence-corrected chi connectivity index (χ1v) is 5.94. The lowest BCUT2D eigenvalue weighted by molar-refractivity contribution is -0.164. The van der Waals surface area contributed by atoms with E-state index in [2.05, 4.69) is 0 Å². The van der Waals surface area contributed by atoms with Gasteiger partial charge in [-0.25, -0.2) is 4.79 Å². The number of carbonyl (C=O) groups is 3. The summed E-state index contributed by atoms with van der Waals surface area (Å²) in [7, 11) is 0. The average Bonchev–Trinajstić information content (AvgIpc) is 2.48. The third-order valence-electron chi connectivity index (χ3n) is 3.97. The molecule has 1 saturated heterocycles. The Morgan fingerprint density at radius 1 is 1.18 bits per heavy atom. The highest BCUT2D eigenvalue weighted by atomic mass is 16.4. The van der Waals surface area contributed by atoms with E-state index in [0.717, 1.165) is 4.90 Å². The fourth-order valence-electron chi connectivity index (χ4n) is 2.33. The summed E-state index contributed by atoms with van der Waals surface area (Å²) in [6.07, 6.45) is 0.464. The van der Waals surface area contributed by atoms with E-state index >= 15 is 0 Å². The van der Waals surface area contributed by atoms with Crippen molar-refractivity contribution in [2.75, 3.05) is 0 Å². The monoisotopic (exact) mass is 241 g/mol. The molecule has 1 heterocycles. The van der Waals surface area contributed by atoms with Crippen LogP contribution in [0.2, 0.25) is 0 Å². The molecule has 0 radical (unpaired) electrons. The molecular formula is C12H19NO4. The van der Waals surface area contributed by atoms with Crippen LogP contribution < -0.4 is 0 Å². The maximum Gasteiger partial charge on any atom is 0.330 e. The predicted molar refractivity (Wildman–Crippen MR) is 61.1 cm³/mol. The van der Waals surface area contributed by atoms with Crippen molar-refractivity contribution in [3.8, 4) is 0 Å². The number of imide groups is 1. The largest absolute Gasteiger partial charge is 0.479 e. The third kappa shape index (κ3) is 1.73. The van der Waals surface area contributed by atoms with Crippen LogP contribution in [0.3, 0.4) is 0 Å². The number of hydrogen-bond acceptors (Lipinski definition) is 3. The number of carboxylic acid groups (broad SMARTS) is 1. The summed E-state index contributed by atoms with van der Waals surface area (Å²) < 4.78 is 0. The molecule has 1 fully saturated rings.